The minimum Gasteiger partial charge on any atom is -0.481 e. The number of nitrogens with one attached hydrogen (secondary N) is 1. The lowest BCUT2D eigenvalue weighted by Crippen LogP contribution is -2.41. The third-order valence-corrected chi connectivity index (χ3v) is 3.28. The summed E-state index contributed by atoms with van der Waals surface area (Å²) in [5.74, 6) is -2.89. The van der Waals surface area contributed by atoms with Crippen LogP contribution in [-0.2, 0) is 9.59 Å². The highest BCUT2D eigenvalue weighted by molar-refractivity contribution is 6.07. The number of carbonyl (C=O) groups excluding carboxylic acids is 1. The normalized spacial score (nSPS) is 11.8. The maximum absolute atomic E-state index is 12.3. The van der Waals surface area contributed by atoms with Gasteiger partial charge in [0.25, 0.3) is 5.91 Å². The molecule has 0 bridgehead atoms. The maximum atomic E-state index is 12.3. The van der Waals surface area contributed by atoms with E-state index in [0.29, 0.717) is 10.9 Å². The molecule has 0 saturated heterocycles. The Hall–Kier alpha value is -2.89. The topological polar surface area (TPSA) is 104 Å². The molecule has 2 rings (SSSR count). The lowest BCUT2D eigenvalue weighted by molar-refractivity contribution is -0.140. The fraction of sp³-hybridized carbons (Fsp3) is 0.188. The molecule has 2 aromatic carbocycles. The van der Waals surface area contributed by atoms with Gasteiger partial charge >= 0.3 is 11.9 Å². The number of carboxylic acid groups (broad SMARTS) is 2. The van der Waals surface area contributed by atoms with Gasteiger partial charge < -0.3 is 15.5 Å². The van der Waals surface area contributed by atoms with E-state index in [4.69, 9.17) is 10.2 Å². The average Bonchev–Trinajstić information content (AvgIpc) is 2.50. The molecule has 0 saturated carbocycles. The van der Waals surface area contributed by atoms with Crippen LogP contribution in [0.5, 0.6) is 0 Å². The SMILES string of the molecule is O=C(O)CC[C@@H](NC(=O)c1cccc2ccccc12)C(=O)O. The van der Waals surface area contributed by atoms with Crippen LogP contribution in [0.4, 0.5) is 0 Å². The zero-order chi connectivity index (χ0) is 16.1. The molecule has 0 unspecified atom stereocenters. The van der Waals surface area contributed by atoms with Gasteiger partial charge in [0.05, 0.1) is 0 Å². The van der Waals surface area contributed by atoms with Gasteiger partial charge in [0.15, 0.2) is 0 Å². The summed E-state index contributed by atoms with van der Waals surface area (Å²) in [6, 6.07) is 11.2. The van der Waals surface area contributed by atoms with Crippen LogP contribution in [0.1, 0.15) is 23.2 Å². The third-order valence-electron chi connectivity index (χ3n) is 3.28. The van der Waals surface area contributed by atoms with Crippen LogP contribution in [0.3, 0.4) is 0 Å². The van der Waals surface area contributed by atoms with Gasteiger partial charge in [-0.3, -0.25) is 9.59 Å². The predicted molar refractivity (Wildman–Crippen MR) is 79.7 cm³/mol. The van der Waals surface area contributed by atoms with Crippen molar-refractivity contribution in [2.24, 2.45) is 0 Å². The van der Waals surface area contributed by atoms with E-state index >= 15 is 0 Å². The molecular weight excluding hydrogens is 286 g/mol. The first-order valence-corrected chi connectivity index (χ1v) is 6.72. The number of hydrogen-bond acceptors (Lipinski definition) is 3. The molecule has 0 aromatic heterocycles. The first-order valence-electron chi connectivity index (χ1n) is 6.72. The number of aliphatic carboxylic acids is 2. The summed E-state index contributed by atoms with van der Waals surface area (Å²) < 4.78 is 0. The van der Waals surface area contributed by atoms with E-state index in [9.17, 15) is 14.4 Å². The summed E-state index contributed by atoms with van der Waals surface area (Å²) in [6.07, 6.45) is -0.492. The van der Waals surface area contributed by atoms with Crippen LogP contribution >= 0.6 is 0 Å². The Morgan fingerprint density at radius 2 is 1.68 bits per heavy atom. The highest BCUT2D eigenvalue weighted by atomic mass is 16.4. The fourth-order valence-electron chi connectivity index (χ4n) is 2.18. The van der Waals surface area contributed by atoms with E-state index < -0.39 is 23.9 Å². The standard InChI is InChI=1S/C16H15NO5/c18-14(19)9-8-13(16(21)22)17-15(20)12-7-3-5-10-4-1-2-6-11(10)12/h1-7,13H,8-9H2,(H,17,20)(H,18,19)(H,21,22)/t13-/m1/s1. The Bertz CT molecular complexity index is 720. The van der Waals surface area contributed by atoms with E-state index in [1.54, 1.807) is 24.3 Å². The molecule has 1 amide bonds. The van der Waals surface area contributed by atoms with Crippen LogP contribution in [0.15, 0.2) is 42.5 Å². The van der Waals surface area contributed by atoms with Crippen molar-refractivity contribution in [2.45, 2.75) is 18.9 Å². The molecule has 22 heavy (non-hydrogen) atoms. The highest BCUT2D eigenvalue weighted by Crippen LogP contribution is 2.18. The van der Waals surface area contributed by atoms with Gasteiger partial charge in [-0.05, 0) is 23.3 Å². The molecule has 0 aliphatic rings. The number of carboxylic acids is 2. The summed E-state index contributed by atoms with van der Waals surface area (Å²) >= 11 is 0. The lowest BCUT2D eigenvalue weighted by atomic mass is 10.0. The van der Waals surface area contributed by atoms with Gasteiger partial charge in [-0.25, -0.2) is 4.79 Å². The van der Waals surface area contributed by atoms with Crippen molar-refractivity contribution in [3.05, 3.63) is 48.0 Å². The molecule has 6 nitrogen and oxygen atoms in total. The molecule has 0 aliphatic heterocycles. The van der Waals surface area contributed by atoms with Gasteiger partial charge in [0.1, 0.15) is 6.04 Å². The first kappa shape index (κ1) is 15.5. The van der Waals surface area contributed by atoms with Crippen molar-refractivity contribution >= 4 is 28.6 Å². The molecule has 0 radical (unpaired) electrons. The second-order valence-corrected chi connectivity index (χ2v) is 4.82. The number of rotatable bonds is 6. The molecule has 114 valence electrons. The van der Waals surface area contributed by atoms with E-state index in [1.807, 2.05) is 18.2 Å². The third kappa shape index (κ3) is 3.60. The van der Waals surface area contributed by atoms with Crippen molar-refractivity contribution in [1.29, 1.82) is 0 Å². The van der Waals surface area contributed by atoms with Gasteiger partial charge in [0, 0.05) is 12.0 Å². The summed E-state index contributed by atoms with van der Waals surface area (Å²) in [7, 11) is 0. The van der Waals surface area contributed by atoms with E-state index in [0.717, 1.165) is 5.39 Å². The van der Waals surface area contributed by atoms with E-state index in [1.165, 1.54) is 0 Å². The van der Waals surface area contributed by atoms with Crippen molar-refractivity contribution in [2.75, 3.05) is 0 Å². The zero-order valence-corrected chi connectivity index (χ0v) is 11.7. The minimum absolute atomic E-state index is 0.166. The largest absolute Gasteiger partial charge is 0.481 e. The second kappa shape index (κ2) is 6.71. The van der Waals surface area contributed by atoms with Crippen molar-refractivity contribution < 1.29 is 24.6 Å². The van der Waals surface area contributed by atoms with Gasteiger partial charge in [-0.1, -0.05) is 36.4 Å². The van der Waals surface area contributed by atoms with Crippen molar-refractivity contribution in [3.8, 4) is 0 Å². The van der Waals surface area contributed by atoms with Gasteiger partial charge in [-0.2, -0.15) is 0 Å². The molecule has 2 aromatic rings. The number of fused-ring (bicyclic) bond motifs is 1. The number of hydrogen-bond donors (Lipinski definition) is 3. The molecule has 0 spiro atoms. The van der Waals surface area contributed by atoms with Crippen LogP contribution in [0.2, 0.25) is 0 Å². The Labute approximate surface area is 126 Å². The van der Waals surface area contributed by atoms with Gasteiger partial charge in [0.2, 0.25) is 0 Å². The summed E-state index contributed by atoms with van der Waals surface area (Å²) in [6.45, 7) is 0. The molecule has 0 heterocycles. The molecule has 1 atom stereocenters. The van der Waals surface area contributed by atoms with Crippen LogP contribution < -0.4 is 5.32 Å². The van der Waals surface area contributed by atoms with Crippen LogP contribution in [0, 0.1) is 0 Å². The minimum atomic E-state index is -1.25. The average molecular weight is 301 g/mol. The van der Waals surface area contributed by atoms with Gasteiger partial charge in [-0.15, -0.1) is 0 Å². The zero-order valence-electron chi connectivity index (χ0n) is 11.7. The van der Waals surface area contributed by atoms with Crippen molar-refractivity contribution in [1.82, 2.24) is 5.32 Å². The number of carbonyl (C=O) groups is 3. The molecule has 0 fully saturated rings. The van der Waals surface area contributed by atoms with Crippen LogP contribution in [-0.4, -0.2) is 34.1 Å². The summed E-state index contributed by atoms with van der Waals surface area (Å²) in [4.78, 5) is 34.0. The smallest absolute Gasteiger partial charge is 0.326 e. The number of benzene rings is 2. The van der Waals surface area contributed by atoms with E-state index in [2.05, 4.69) is 5.32 Å². The Morgan fingerprint density at radius 3 is 2.36 bits per heavy atom. The van der Waals surface area contributed by atoms with Crippen LogP contribution in [0.25, 0.3) is 10.8 Å². The summed E-state index contributed by atoms with van der Waals surface area (Å²) in [5, 5.41) is 21.7. The molecular formula is C16H15NO5. The monoisotopic (exact) mass is 301 g/mol. The summed E-state index contributed by atoms with van der Waals surface area (Å²) in [5.41, 5.74) is 0.361. The predicted octanol–water partition coefficient (Wildman–Crippen LogP) is 1.89. The number of amides is 1. The Balaban J connectivity index is 2.22. The first-order chi connectivity index (χ1) is 10.5. The highest BCUT2D eigenvalue weighted by Gasteiger charge is 2.22. The Kier molecular flexibility index (Phi) is 4.73. The van der Waals surface area contributed by atoms with E-state index in [-0.39, 0.29) is 12.8 Å². The maximum Gasteiger partial charge on any atom is 0.326 e. The molecule has 3 N–H and O–H groups in total. The molecule has 0 aliphatic carbocycles. The second-order valence-electron chi connectivity index (χ2n) is 4.82. The van der Waals surface area contributed by atoms with Crippen molar-refractivity contribution in [3.63, 3.8) is 0 Å². The fourth-order valence-corrected chi connectivity index (χ4v) is 2.18. The molecule has 6 heteroatoms. The lowest BCUT2D eigenvalue weighted by Gasteiger charge is -2.14. The Morgan fingerprint density at radius 1 is 1.00 bits per heavy atom. The quantitative estimate of drug-likeness (QED) is 0.756.